The minimum Gasteiger partial charge on any atom is -0.370 e. The van der Waals surface area contributed by atoms with E-state index in [0.29, 0.717) is 11.5 Å². The molecule has 0 amide bonds. The molecule has 6 heteroatoms. The zero-order valence-electron chi connectivity index (χ0n) is 5.57. The second-order valence-corrected chi connectivity index (χ2v) is 2.18. The fourth-order valence-corrected chi connectivity index (χ4v) is 0.951. The van der Waals surface area contributed by atoms with Crippen molar-refractivity contribution >= 4 is 11.8 Å². The molecule has 5 N–H and O–H groups in total. The van der Waals surface area contributed by atoms with E-state index in [2.05, 4.69) is 20.3 Å². The number of aromatic amines is 1. The fraction of sp³-hybridized carbons (Fsp3) is 0.200. The topological polar surface area (TPSA) is 99.3 Å². The first-order valence-electron chi connectivity index (χ1n) is 3.09. The zero-order valence-corrected chi connectivity index (χ0v) is 5.57. The highest BCUT2D eigenvalue weighted by atomic mass is 16.3. The lowest BCUT2D eigenvalue weighted by Crippen LogP contribution is -2.27. The van der Waals surface area contributed by atoms with E-state index in [1.54, 1.807) is 0 Å². The van der Waals surface area contributed by atoms with Gasteiger partial charge in [0, 0.05) is 0 Å². The Morgan fingerprint density at radius 2 is 2.45 bits per heavy atom. The summed E-state index contributed by atoms with van der Waals surface area (Å²) in [6.07, 6.45) is 0.545. The number of H-pyrrole nitrogens is 1. The highest BCUT2D eigenvalue weighted by Crippen LogP contribution is 2.22. The van der Waals surface area contributed by atoms with Crippen LogP contribution < -0.4 is 11.1 Å². The van der Waals surface area contributed by atoms with E-state index >= 15 is 0 Å². The minimum atomic E-state index is -0.922. The van der Waals surface area contributed by atoms with Gasteiger partial charge in [-0.2, -0.15) is 0 Å². The van der Waals surface area contributed by atoms with E-state index in [-0.39, 0.29) is 5.96 Å². The number of hydrogen-bond acceptors (Lipinski definition) is 5. The van der Waals surface area contributed by atoms with Crippen molar-refractivity contribution < 1.29 is 5.11 Å². The Labute approximate surface area is 62.2 Å². The van der Waals surface area contributed by atoms with E-state index < -0.39 is 6.23 Å². The number of rotatable bonds is 0. The molecule has 1 aromatic heterocycles. The third-order valence-electron chi connectivity index (χ3n) is 1.43. The number of anilines is 1. The van der Waals surface area contributed by atoms with Crippen LogP contribution in [0.4, 0.5) is 5.82 Å². The lowest BCUT2D eigenvalue weighted by Gasteiger charge is -2.13. The van der Waals surface area contributed by atoms with Crippen molar-refractivity contribution in [2.24, 2.45) is 10.7 Å². The first-order valence-corrected chi connectivity index (χ1v) is 3.09. The van der Waals surface area contributed by atoms with Gasteiger partial charge in [-0.1, -0.05) is 0 Å². The number of aromatic nitrogens is 2. The van der Waals surface area contributed by atoms with Crippen molar-refractivity contribution in [3.05, 3.63) is 12.0 Å². The molecular weight excluding hydrogens is 146 g/mol. The van der Waals surface area contributed by atoms with Gasteiger partial charge in [-0.3, -0.25) is 0 Å². The standard InChI is InChI=1S/C5H7N5O/c6-5-9-3-2(4(11)10-5)7-1-8-3/h1,4,11H,(H,7,8)(H3,6,9,10)/t4-/m1/s1. The Kier molecular flexibility index (Phi) is 1.10. The van der Waals surface area contributed by atoms with Gasteiger partial charge in [0.25, 0.3) is 0 Å². The highest BCUT2D eigenvalue weighted by Gasteiger charge is 2.19. The summed E-state index contributed by atoms with van der Waals surface area (Å²) in [5.74, 6) is 0.710. The summed E-state index contributed by atoms with van der Waals surface area (Å²) in [4.78, 5) is 10.3. The monoisotopic (exact) mass is 153 g/mol. The molecule has 1 aromatic rings. The van der Waals surface area contributed by atoms with Crippen LogP contribution in [0.2, 0.25) is 0 Å². The second kappa shape index (κ2) is 1.96. The molecule has 0 saturated heterocycles. The normalized spacial score (nSPS) is 21.9. The summed E-state index contributed by atoms with van der Waals surface area (Å²) in [7, 11) is 0. The van der Waals surface area contributed by atoms with Crippen LogP contribution in [0.1, 0.15) is 11.9 Å². The number of guanidine groups is 1. The van der Waals surface area contributed by atoms with Crippen molar-refractivity contribution in [3.63, 3.8) is 0 Å². The predicted molar refractivity (Wildman–Crippen MR) is 38.8 cm³/mol. The quantitative estimate of drug-likeness (QED) is 0.389. The van der Waals surface area contributed by atoms with Gasteiger partial charge >= 0.3 is 0 Å². The fourth-order valence-electron chi connectivity index (χ4n) is 0.951. The predicted octanol–water partition coefficient (Wildman–Crippen LogP) is -0.859. The van der Waals surface area contributed by atoms with Crippen molar-refractivity contribution in [2.75, 3.05) is 5.32 Å². The van der Waals surface area contributed by atoms with Gasteiger partial charge in [0.15, 0.2) is 18.0 Å². The Bertz CT molecular complexity index is 304. The summed E-state index contributed by atoms with van der Waals surface area (Å²) < 4.78 is 0. The van der Waals surface area contributed by atoms with Gasteiger partial charge in [0.1, 0.15) is 5.69 Å². The van der Waals surface area contributed by atoms with Crippen LogP contribution in [-0.4, -0.2) is 21.0 Å². The average Bonchev–Trinajstić information content (AvgIpc) is 2.34. The molecule has 1 aliphatic heterocycles. The number of hydrogen-bond donors (Lipinski definition) is 4. The largest absolute Gasteiger partial charge is 0.370 e. The molecule has 6 nitrogen and oxygen atoms in total. The number of aliphatic hydroxyl groups is 1. The third-order valence-corrected chi connectivity index (χ3v) is 1.43. The number of aliphatic hydroxyl groups excluding tert-OH is 1. The molecule has 11 heavy (non-hydrogen) atoms. The molecule has 2 heterocycles. The van der Waals surface area contributed by atoms with Crippen LogP contribution in [0.25, 0.3) is 0 Å². The molecule has 1 atom stereocenters. The van der Waals surface area contributed by atoms with Crippen molar-refractivity contribution in [2.45, 2.75) is 6.23 Å². The number of nitrogens with two attached hydrogens (primary N) is 1. The van der Waals surface area contributed by atoms with Crippen LogP contribution in [0, 0.1) is 0 Å². The molecule has 0 radical (unpaired) electrons. The Morgan fingerprint density at radius 1 is 1.64 bits per heavy atom. The highest BCUT2D eigenvalue weighted by molar-refractivity contribution is 5.93. The smallest absolute Gasteiger partial charge is 0.197 e. The van der Waals surface area contributed by atoms with Crippen LogP contribution in [0.5, 0.6) is 0 Å². The summed E-state index contributed by atoms with van der Waals surface area (Å²) in [6, 6.07) is 0. The van der Waals surface area contributed by atoms with E-state index in [1.165, 1.54) is 6.33 Å². The average molecular weight is 153 g/mol. The summed E-state index contributed by atoms with van der Waals surface area (Å²) >= 11 is 0. The Morgan fingerprint density at radius 3 is 3.27 bits per heavy atom. The molecular formula is C5H7N5O. The number of nitrogens with zero attached hydrogens (tertiary/aromatic N) is 2. The molecule has 0 fully saturated rings. The van der Waals surface area contributed by atoms with Crippen LogP contribution in [0.3, 0.4) is 0 Å². The third kappa shape index (κ3) is 0.838. The second-order valence-electron chi connectivity index (χ2n) is 2.18. The number of fused-ring (bicyclic) bond motifs is 1. The zero-order chi connectivity index (χ0) is 7.84. The lowest BCUT2D eigenvalue weighted by molar-refractivity contribution is 0.183. The summed E-state index contributed by atoms with van der Waals surface area (Å²) in [6.45, 7) is 0. The van der Waals surface area contributed by atoms with Crippen LogP contribution in [-0.2, 0) is 0 Å². The van der Waals surface area contributed by atoms with Gasteiger partial charge in [-0.05, 0) is 0 Å². The van der Waals surface area contributed by atoms with E-state index in [4.69, 9.17) is 5.73 Å². The summed E-state index contributed by atoms with van der Waals surface area (Å²) in [5, 5.41) is 11.9. The lowest BCUT2D eigenvalue weighted by atomic mass is 10.3. The molecule has 2 rings (SSSR count). The van der Waals surface area contributed by atoms with Gasteiger partial charge in [-0.25, -0.2) is 9.98 Å². The molecule has 0 aromatic carbocycles. The van der Waals surface area contributed by atoms with Gasteiger partial charge < -0.3 is 21.1 Å². The molecule has 0 saturated carbocycles. The maximum atomic E-state index is 9.24. The first-order chi connectivity index (χ1) is 5.27. The Hall–Kier alpha value is -1.56. The maximum absolute atomic E-state index is 9.24. The molecule has 0 bridgehead atoms. The molecule has 1 aliphatic rings. The van der Waals surface area contributed by atoms with Gasteiger partial charge in [0.05, 0.1) is 6.33 Å². The molecule has 0 unspecified atom stereocenters. The molecule has 58 valence electrons. The maximum Gasteiger partial charge on any atom is 0.197 e. The molecule has 0 spiro atoms. The number of aliphatic imine (C=N–C) groups is 1. The Balaban J connectivity index is 2.45. The van der Waals surface area contributed by atoms with Crippen LogP contribution in [0.15, 0.2) is 11.3 Å². The van der Waals surface area contributed by atoms with Crippen molar-refractivity contribution in [3.8, 4) is 0 Å². The SMILES string of the molecule is NC1=N[C@H](O)c2[nH]cnc2N1. The summed E-state index contributed by atoms with van der Waals surface area (Å²) in [5.41, 5.74) is 5.87. The van der Waals surface area contributed by atoms with E-state index in [1.807, 2.05) is 0 Å². The van der Waals surface area contributed by atoms with Crippen molar-refractivity contribution in [1.29, 1.82) is 0 Å². The minimum absolute atomic E-state index is 0.178. The van der Waals surface area contributed by atoms with Gasteiger partial charge in [0.2, 0.25) is 0 Å². The van der Waals surface area contributed by atoms with E-state index in [9.17, 15) is 5.11 Å². The van der Waals surface area contributed by atoms with Crippen LogP contribution >= 0.6 is 0 Å². The molecule has 0 aliphatic carbocycles. The van der Waals surface area contributed by atoms with E-state index in [0.717, 1.165) is 0 Å². The number of imidazole rings is 1. The van der Waals surface area contributed by atoms with Gasteiger partial charge in [-0.15, -0.1) is 0 Å². The van der Waals surface area contributed by atoms with Crippen molar-refractivity contribution in [1.82, 2.24) is 9.97 Å². The number of nitrogens with one attached hydrogen (secondary N) is 2. The first kappa shape index (κ1) is 6.17.